The molecular formula is C26H33N5O3. The highest BCUT2D eigenvalue weighted by Crippen LogP contribution is 2.42. The first kappa shape index (κ1) is 23.8. The van der Waals surface area contributed by atoms with Crippen LogP contribution in [0.2, 0.25) is 0 Å². The van der Waals surface area contributed by atoms with Crippen molar-refractivity contribution in [3.63, 3.8) is 0 Å². The van der Waals surface area contributed by atoms with Gasteiger partial charge in [0.2, 0.25) is 5.88 Å². The number of nitrogens with zero attached hydrogens (tertiary/aromatic N) is 5. The summed E-state index contributed by atoms with van der Waals surface area (Å²) in [4.78, 5) is 18.0. The minimum atomic E-state index is -1.02. The number of carbonyl (C=O) groups is 1. The second kappa shape index (κ2) is 8.79. The molecule has 0 radical (unpaired) electrons. The molecule has 0 spiro atoms. The van der Waals surface area contributed by atoms with Crippen molar-refractivity contribution in [3.05, 3.63) is 41.3 Å². The summed E-state index contributed by atoms with van der Waals surface area (Å²) in [5.74, 6) is 0.538. The molecule has 1 N–H and O–H groups in total. The van der Waals surface area contributed by atoms with E-state index in [1.807, 2.05) is 46.2 Å². The van der Waals surface area contributed by atoms with Gasteiger partial charge in [0.15, 0.2) is 0 Å². The smallest absolute Gasteiger partial charge is 0.414 e. The molecule has 8 nitrogen and oxygen atoms in total. The number of carboxylic acid groups (broad SMARTS) is 1. The number of anilines is 1. The molecule has 0 bridgehead atoms. The average Bonchev–Trinajstić information content (AvgIpc) is 3.34. The van der Waals surface area contributed by atoms with E-state index in [2.05, 4.69) is 27.7 Å². The Kier molecular flexibility index (Phi) is 6.15. The van der Waals surface area contributed by atoms with Crippen LogP contribution in [0.4, 0.5) is 10.7 Å². The number of hydrogen-bond donors (Lipinski definition) is 1. The van der Waals surface area contributed by atoms with Crippen molar-refractivity contribution in [1.82, 2.24) is 14.7 Å². The van der Waals surface area contributed by atoms with Gasteiger partial charge in [0.05, 0.1) is 34.7 Å². The zero-order chi connectivity index (χ0) is 24.7. The van der Waals surface area contributed by atoms with Crippen LogP contribution in [-0.4, -0.2) is 32.5 Å². The van der Waals surface area contributed by atoms with Gasteiger partial charge in [-0.1, -0.05) is 39.3 Å². The molecule has 1 unspecified atom stereocenters. The first-order valence-electron chi connectivity index (χ1n) is 11.8. The lowest BCUT2D eigenvalue weighted by Gasteiger charge is -2.39. The number of hydrogen-bond acceptors (Lipinski definition) is 5. The van der Waals surface area contributed by atoms with E-state index in [9.17, 15) is 15.2 Å². The number of rotatable bonds is 5. The molecule has 1 aromatic carbocycles. The maximum Gasteiger partial charge on any atom is 0.414 e. The van der Waals surface area contributed by atoms with Gasteiger partial charge in [0, 0.05) is 24.1 Å². The lowest BCUT2D eigenvalue weighted by Crippen LogP contribution is -2.39. The highest BCUT2D eigenvalue weighted by molar-refractivity contribution is 5.85. The molecule has 3 aromatic rings. The summed E-state index contributed by atoms with van der Waals surface area (Å²) < 4.78 is 7.68. The van der Waals surface area contributed by atoms with Crippen LogP contribution in [0.1, 0.15) is 70.2 Å². The zero-order valence-electron chi connectivity index (χ0n) is 20.6. The number of benzene rings is 1. The van der Waals surface area contributed by atoms with Crippen LogP contribution in [0.25, 0.3) is 11.0 Å². The molecule has 1 saturated carbocycles. The first-order chi connectivity index (χ1) is 16.0. The van der Waals surface area contributed by atoms with Crippen molar-refractivity contribution in [2.45, 2.75) is 72.3 Å². The van der Waals surface area contributed by atoms with Crippen LogP contribution >= 0.6 is 0 Å². The zero-order valence-corrected chi connectivity index (χ0v) is 20.6. The van der Waals surface area contributed by atoms with Gasteiger partial charge in [-0.05, 0) is 55.7 Å². The van der Waals surface area contributed by atoms with E-state index in [1.165, 1.54) is 4.90 Å². The molecule has 4 rings (SSSR count). The highest BCUT2D eigenvalue weighted by Gasteiger charge is 2.36. The quantitative estimate of drug-likeness (QED) is 0.506. The van der Waals surface area contributed by atoms with Crippen LogP contribution in [-0.2, 0) is 12.0 Å². The summed E-state index contributed by atoms with van der Waals surface area (Å²) in [5, 5.41) is 23.5. The van der Waals surface area contributed by atoms with Crippen LogP contribution in [0.3, 0.4) is 0 Å². The fourth-order valence-corrected chi connectivity index (χ4v) is 5.47. The molecule has 2 atom stereocenters. The molecule has 1 aliphatic carbocycles. The lowest BCUT2D eigenvalue weighted by molar-refractivity contribution is 0.135. The summed E-state index contributed by atoms with van der Waals surface area (Å²) in [6.07, 6.45) is 4.79. The van der Waals surface area contributed by atoms with Gasteiger partial charge in [0.25, 0.3) is 0 Å². The third kappa shape index (κ3) is 4.65. The van der Waals surface area contributed by atoms with Gasteiger partial charge >= 0.3 is 6.09 Å². The Morgan fingerprint density at radius 1 is 1.41 bits per heavy atom. The molecule has 34 heavy (non-hydrogen) atoms. The molecule has 1 amide bonds. The average molecular weight is 464 g/mol. The summed E-state index contributed by atoms with van der Waals surface area (Å²) in [6.45, 7) is 11.4. The summed E-state index contributed by atoms with van der Waals surface area (Å²) in [5.41, 5.74) is 3.80. The standard InChI is InChI=1S/C26H33N5O3/c1-17-22(25(2,3)4)29-34-23(17)31(24(32)33)14-19-7-6-10-26(5,12-19)15-30-16-28-20-9-8-18(13-27)11-21(20)30/h8-9,11,16,19H,6-7,10,12,14-15H2,1-5H3,(H,32,33)/t19?,26-/m0/s1. The van der Waals surface area contributed by atoms with Crippen molar-refractivity contribution < 1.29 is 14.4 Å². The van der Waals surface area contributed by atoms with E-state index in [0.717, 1.165) is 54.5 Å². The third-order valence-electron chi connectivity index (χ3n) is 7.00. The molecule has 2 heterocycles. The summed E-state index contributed by atoms with van der Waals surface area (Å²) >= 11 is 0. The minimum Gasteiger partial charge on any atom is -0.465 e. The summed E-state index contributed by atoms with van der Waals surface area (Å²) in [7, 11) is 0. The number of fused-ring (bicyclic) bond motifs is 1. The SMILES string of the molecule is Cc1c(C(C)(C)C)noc1N(CC1CCC[C@](C)(Cn2cnc3ccc(C#N)cc32)C1)C(=O)O. The van der Waals surface area contributed by atoms with Crippen molar-refractivity contribution in [1.29, 1.82) is 5.26 Å². The van der Waals surface area contributed by atoms with E-state index in [0.29, 0.717) is 18.0 Å². The number of nitriles is 1. The van der Waals surface area contributed by atoms with Gasteiger partial charge in [-0.15, -0.1) is 0 Å². The Morgan fingerprint density at radius 2 is 2.18 bits per heavy atom. The van der Waals surface area contributed by atoms with E-state index < -0.39 is 6.09 Å². The maximum absolute atomic E-state index is 12.2. The molecule has 1 aliphatic rings. The second-order valence-electron chi connectivity index (χ2n) is 11.1. The van der Waals surface area contributed by atoms with Gasteiger partial charge < -0.3 is 14.2 Å². The Bertz CT molecular complexity index is 1250. The molecular weight excluding hydrogens is 430 g/mol. The predicted molar refractivity (Wildman–Crippen MR) is 130 cm³/mol. The molecule has 0 saturated heterocycles. The van der Waals surface area contributed by atoms with Crippen LogP contribution < -0.4 is 4.90 Å². The first-order valence-corrected chi connectivity index (χ1v) is 11.8. The fraction of sp³-hybridized carbons (Fsp3) is 0.538. The number of imidazole rings is 1. The largest absolute Gasteiger partial charge is 0.465 e. The van der Waals surface area contributed by atoms with Crippen molar-refractivity contribution in [2.24, 2.45) is 11.3 Å². The molecule has 180 valence electrons. The minimum absolute atomic E-state index is 0.00357. The number of aromatic nitrogens is 3. The monoisotopic (exact) mass is 463 g/mol. The van der Waals surface area contributed by atoms with Gasteiger partial charge in [-0.2, -0.15) is 5.26 Å². The van der Waals surface area contributed by atoms with E-state index in [1.54, 1.807) is 6.07 Å². The van der Waals surface area contributed by atoms with Crippen LogP contribution in [0.5, 0.6) is 0 Å². The Labute approximate surface area is 200 Å². The van der Waals surface area contributed by atoms with Gasteiger partial charge in [-0.25, -0.2) is 14.7 Å². The Morgan fingerprint density at radius 3 is 2.82 bits per heavy atom. The Hall–Kier alpha value is -3.34. The molecule has 8 heteroatoms. The predicted octanol–water partition coefficient (Wildman–Crippen LogP) is 5.88. The Balaban J connectivity index is 1.53. The lowest BCUT2D eigenvalue weighted by atomic mass is 9.70. The third-order valence-corrected chi connectivity index (χ3v) is 7.00. The number of amides is 1. The fourth-order valence-electron chi connectivity index (χ4n) is 5.47. The van der Waals surface area contributed by atoms with Crippen LogP contribution in [0, 0.1) is 29.6 Å². The van der Waals surface area contributed by atoms with E-state index in [4.69, 9.17) is 4.52 Å². The van der Waals surface area contributed by atoms with Gasteiger partial charge in [-0.3, -0.25) is 0 Å². The topological polar surface area (TPSA) is 108 Å². The second-order valence-corrected chi connectivity index (χ2v) is 11.1. The van der Waals surface area contributed by atoms with E-state index in [-0.39, 0.29) is 16.7 Å². The molecule has 1 fully saturated rings. The molecule has 2 aromatic heterocycles. The van der Waals surface area contributed by atoms with Crippen molar-refractivity contribution in [2.75, 3.05) is 11.4 Å². The van der Waals surface area contributed by atoms with Crippen molar-refractivity contribution >= 4 is 23.0 Å². The molecule has 0 aliphatic heterocycles. The summed E-state index contributed by atoms with van der Waals surface area (Å²) in [6, 6.07) is 7.76. The van der Waals surface area contributed by atoms with Gasteiger partial charge in [0.1, 0.15) is 0 Å². The maximum atomic E-state index is 12.2. The normalized spacial score (nSPS) is 20.9. The van der Waals surface area contributed by atoms with E-state index >= 15 is 0 Å². The highest BCUT2D eigenvalue weighted by atomic mass is 16.5. The van der Waals surface area contributed by atoms with Crippen LogP contribution in [0.15, 0.2) is 29.0 Å². The van der Waals surface area contributed by atoms with Crippen molar-refractivity contribution in [3.8, 4) is 6.07 Å².